The second-order valence-electron chi connectivity index (χ2n) is 2.85. The molecule has 0 aliphatic heterocycles. The van der Waals surface area contributed by atoms with Gasteiger partial charge in [-0.2, -0.15) is 0 Å². The lowest BCUT2D eigenvalue weighted by atomic mass is 10.2. The van der Waals surface area contributed by atoms with Crippen LogP contribution in [0.25, 0.3) is 6.08 Å². The van der Waals surface area contributed by atoms with Crippen LogP contribution >= 0.6 is 0 Å². The molecule has 0 aromatic heterocycles. The van der Waals surface area contributed by atoms with Crippen molar-refractivity contribution >= 4 is 6.08 Å². The van der Waals surface area contributed by atoms with E-state index in [1.807, 2.05) is 19.2 Å². The average molecular weight is 195 g/mol. The molecule has 0 aliphatic carbocycles. The van der Waals surface area contributed by atoms with Gasteiger partial charge in [0.25, 0.3) is 0 Å². The lowest BCUT2D eigenvalue weighted by Crippen LogP contribution is -2.03. The molecule has 0 radical (unpaired) electrons. The fourth-order valence-corrected chi connectivity index (χ4v) is 1.13. The first-order chi connectivity index (χ1) is 6.77. The quantitative estimate of drug-likeness (QED) is 0.794. The zero-order valence-electron chi connectivity index (χ0n) is 8.38. The van der Waals surface area contributed by atoms with Gasteiger partial charge in [-0.3, -0.25) is 0 Å². The normalized spacial score (nSPS) is 10.8. The fourth-order valence-electron chi connectivity index (χ4n) is 1.13. The Morgan fingerprint density at radius 2 is 2.29 bits per heavy atom. The Kier molecular flexibility index (Phi) is 4.13. The molecule has 2 nitrogen and oxygen atoms in total. The minimum atomic E-state index is -0.285. The molecule has 1 N–H and O–H groups in total. The van der Waals surface area contributed by atoms with Crippen LogP contribution in [0.4, 0.5) is 4.39 Å². The van der Waals surface area contributed by atoms with Crippen molar-refractivity contribution in [3.05, 3.63) is 35.7 Å². The summed E-state index contributed by atoms with van der Waals surface area (Å²) < 4.78 is 17.9. The summed E-state index contributed by atoms with van der Waals surface area (Å²) in [6.45, 7) is 0.778. The first-order valence-corrected chi connectivity index (χ1v) is 4.42. The lowest BCUT2D eigenvalue weighted by Gasteiger charge is -2.04. The molecule has 0 unspecified atom stereocenters. The van der Waals surface area contributed by atoms with Crippen LogP contribution in [0.5, 0.6) is 5.75 Å². The van der Waals surface area contributed by atoms with Gasteiger partial charge in [-0.15, -0.1) is 0 Å². The summed E-state index contributed by atoms with van der Waals surface area (Å²) in [5.74, 6) is 0.268. The Morgan fingerprint density at radius 3 is 2.93 bits per heavy atom. The van der Waals surface area contributed by atoms with Crippen LogP contribution in [0.3, 0.4) is 0 Å². The van der Waals surface area contributed by atoms with Gasteiger partial charge in [0.05, 0.1) is 7.11 Å². The van der Waals surface area contributed by atoms with Gasteiger partial charge in [0.2, 0.25) is 0 Å². The maximum absolute atomic E-state index is 12.8. The number of hydrogen-bond donors (Lipinski definition) is 1. The van der Waals surface area contributed by atoms with Crippen molar-refractivity contribution in [3.63, 3.8) is 0 Å². The van der Waals surface area contributed by atoms with Gasteiger partial charge < -0.3 is 10.1 Å². The van der Waals surface area contributed by atoms with E-state index in [-0.39, 0.29) is 5.82 Å². The standard InChI is InChI=1S/C11H14FNO/c1-13-7-3-4-9-5-6-10(12)8-11(9)14-2/h3-6,8,13H,7H2,1-2H3. The van der Waals surface area contributed by atoms with Crippen molar-refractivity contribution < 1.29 is 9.13 Å². The highest BCUT2D eigenvalue weighted by molar-refractivity contribution is 5.57. The van der Waals surface area contributed by atoms with Gasteiger partial charge in [0.1, 0.15) is 11.6 Å². The maximum atomic E-state index is 12.8. The second-order valence-corrected chi connectivity index (χ2v) is 2.85. The number of ether oxygens (including phenoxy) is 1. The number of hydrogen-bond acceptors (Lipinski definition) is 2. The summed E-state index contributed by atoms with van der Waals surface area (Å²) >= 11 is 0. The number of halogens is 1. The van der Waals surface area contributed by atoms with Crippen LogP contribution in [0.15, 0.2) is 24.3 Å². The van der Waals surface area contributed by atoms with E-state index in [1.165, 1.54) is 19.2 Å². The smallest absolute Gasteiger partial charge is 0.128 e. The van der Waals surface area contributed by atoms with Crippen LogP contribution in [0.2, 0.25) is 0 Å². The summed E-state index contributed by atoms with van der Waals surface area (Å²) in [7, 11) is 3.40. The van der Waals surface area contributed by atoms with E-state index in [0.717, 1.165) is 12.1 Å². The summed E-state index contributed by atoms with van der Waals surface area (Å²) in [6, 6.07) is 4.49. The zero-order chi connectivity index (χ0) is 10.4. The Morgan fingerprint density at radius 1 is 1.50 bits per heavy atom. The number of nitrogens with one attached hydrogen (secondary N) is 1. The van der Waals surface area contributed by atoms with Crippen LogP contribution in [-0.2, 0) is 0 Å². The molecule has 0 fully saturated rings. The third kappa shape index (κ3) is 2.85. The largest absolute Gasteiger partial charge is 0.496 e. The summed E-state index contributed by atoms with van der Waals surface area (Å²) in [5, 5.41) is 2.99. The molecule has 1 rings (SSSR count). The van der Waals surface area contributed by atoms with Crippen molar-refractivity contribution in [2.75, 3.05) is 20.7 Å². The molecule has 0 saturated heterocycles. The Balaban J connectivity index is 2.85. The second kappa shape index (κ2) is 5.40. The fraction of sp³-hybridized carbons (Fsp3) is 0.273. The van der Waals surface area contributed by atoms with E-state index in [2.05, 4.69) is 5.32 Å². The van der Waals surface area contributed by atoms with Gasteiger partial charge in [-0.1, -0.05) is 12.2 Å². The SMILES string of the molecule is CNCC=Cc1ccc(F)cc1OC. The predicted octanol–water partition coefficient (Wildman–Crippen LogP) is 2.07. The Bertz CT molecular complexity index is 323. The third-order valence-electron chi connectivity index (χ3n) is 1.81. The van der Waals surface area contributed by atoms with E-state index in [9.17, 15) is 4.39 Å². The molecule has 0 aliphatic rings. The minimum Gasteiger partial charge on any atom is -0.496 e. The van der Waals surface area contributed by atoms with Gasteiger partial charge in [0.15, 0.2) is 0 Å². The van der Waals surface area contributed by atoms with Gasteiger partial charge in [-0.05, 0) is 19.2 Å². The number of likely N-dealkylation sites (N-methyl/N-ethyl adjacent to an activating group) is 1. The van der Waals surface area contributed by atoms with Crippen molar-refractivity contribution in [2.45, 2.75) is 0 Å². The number of methoxy groups -OCH3 is 1. The highest BCUT2D eigenvalue weighted by Crippen LogP contribution is 2.20. The molecular formula is C11H14FNO. The maximum Gasteiger partial charge on any atom is 0.128 e. The molecule has 3 heteroatoms. The van der Waals surface area contributed by atoms with Crippen molar-refractivity contribution in [1.29, 1.82) is 0 Å². The summed E-state index contributed by atoms with van der Waals surface area (Å²) in [4.78, 5) is 0. The van der Waals surface area contributed by atoms with Crippen LogP contribution in [-0.4, -0.2) is 20.7 Å². The molecule has 0 bridgehead atoms. The molecule has 14 heavy (non-hydrogen) atoms. The van der Waals surface area contributed by atoms with Crippen LogP contribution in [0, 0.1) is 5.82 Å². The molecule has 0 amide bonds. The summed E-state index contributed by atoms with van der Waals surface area (Å²) in [5.41, 5.74) is 0.879. The van der Waals surface area contributed by atoms with Crippen molar-refractivity contribution in [3.8, 4) is 5.75 Å². The predicted molar refractivity (Wildman–Crippen MR) is 55.9 cm³/mol. The van der Waals surface area contributed by atoms with E-state index in [4.69, 9.17) is 4.74 Å². The van der Waals surface area contributed by atoms with Crippen molar-refractivity contribution in [1.82, 2.24) is 5.32 Å². The van der Waals surface area contributed by atoms with Gasteiger partial charge >= 0.3 is 0 Å². The van der Waals surface area contributed by atoms with E-state index >= 15 is 0 Å². The highest BCUT2D eigenvalue weighted by atomic mass is 19.1. The first kappa shape index (κ1) is 10.7. The molecule has 1 aromatic rings. The van der Waals surface area contributed by atoms with Gasteiger partial charge in [-0.25, -0.2) is 4.39 Å². The molecule has 0 spiro atoms. The molecule has 1 aromatic carbocycles. The molecular weight excluding hydrogens is 181 g/mol. The minimum absolute atomic E-state index is 0.285. The lowest BCUT2D eigenvalue weighted by molar-refractivity contribution is 0.410. The Hall–Kier alpha value is -1.35. The van der Waals surface area contributed by atoms with Gasteiger partial charge in [0, 0.05) is 18.2 Å². The molecule has 0 atom stereocenters. The highest BCUT2D eigenvalue weighted by Gasteiger charge is 2.00. The van der Waals surface area contributed by atoms with E-state index < -0.39 is 0 Å². The average Bonchev–Trinajstić information content (AvgIpc) is 2.20. The Labute approximate surface area is 83.4 Å². The molecule has 0 heterocycles. The topological polar surface area (TPSA) is 21.3 Å². The van der Waals surface area contributed by atoms with Crippen molar-refractivity contribution in [2.24, 2.45) is 0 Å². The van der Waals surface area contributed by atoms with Crippen LogP contribution < -0.4 is 10.1 Å². The van der Waals surface area contributed by atoms with E-state index in [0.29, 0.717) is 5.75 Å². The first-order valence-electron chi connectivity index (χ1n) is 4.42. The summed E-state index contributed by atoms with van der Waals surface area (Å²) in [6.07, 6.45) is 3.85. The number of rotatable bonds is 4. The monoisotopic (exact) mass is 195 g/mol. The molecule has 76 valence electrons. The van der Waals surface area contributed by atoms with Crippen LogP contribution in [0.1, 0.15) is 5.56 Å². The zero-order valence-corrected chi connectivity index (χ0v) is 8.38. The number of benzene rings is 1. The third-order valence-corrected chi connectivity index (χ3v) is 1.81. The van der Waals surface area contributed by atoms with E-state index in [1.54, 1.807) is 6.07 Å². The molecule has 0 saturated carbocycles.